The minimum atomic E-state index is -0.529. The maximum absolute atomic E-state index is 13.5. The predicted molar refractivity (Wildman–Crippen MR) is 73.3 cm³/mol. The average Bonchev–Trinajstić information content (AvgIpc) is 2.78. The molecule has 1 amide bonds. The molecule has 0 aliphatic carbocycles. The molecule has 0 radical (unpaired) electrons. The molecule has 0 atom stereocenters. The van der Waals surface area contributed by atoms with E-state index in [0.29, 0.717) is 17.4 Å². The van der Waals surface area contributed by atoms with Gasteiger partial charge in [-0.05, 0) is 24.3 Å². The van der Waals surface area contributed by atoms with Gasteiger partial charge in [0.15, 0.2) is 0 Å². The van der Waals surface area contributed by atoms with E-state index in [9.17, 15) is 9.18 Å². The van der Waals surface area contributed by atoms with E-state index in [1.165, 1.54) is 12.1 Å². The van der Waals surface area contributed by atoms with Gasteiger partial charge in [0.2, 0.25) is 0 Å². The summed E-state index contributed by atoms with van der Waals surface area (Å²) < 4.78 is 15.8. The highest BCUT2D eigenvalue weighted by Gasteiger charge is 2.11. The molecule has 19 heavy (non-hydrogen) atoms. The Morgan fingerprint density at radius 2 is 2.26 bits per heavy atom. The molecule has 6 heteroatoms. The van der Waals surface area contributed by atoms with Crippen molar-refractivity contribution in [3.8, 4) is 0 Å². The fourth-order valence-corrected chi connectivity index (χ4v) is 2.03. The van der Waals surface area contributed by atoms with Gasteiger partial charge in [-0.15, -0.1) is 0 Å². The SMILES string of the molecule is Cn1ccc(CCNC(=O)c2cc(Br)ccc2F)n1. The van der Waals surface area contributed by atoms with Gasteiger partial charge in [0.1, 0.15) is 5.82 Å². The summed E-state index contributed by atoms with van der Waals surface area (Å²) in [5, 5.41) is 6.87. The molecule has 0 unspecified atom stereocenters. The van der Waals surface area contributed by atoms with Crippen LogP contribution in [-0.4, -0.2) is 22.2 Å². The lowest BCUT2D eigenvalue weighted by molar-refractivity contribution is 0.0950. The maximum atomic E-state index is 13.5. The van der Waals surface area contributed by atoms with Crippen LogP contribution in [0.1, 0.15) is 16.1 Å². The molecular weight excluding hydrogens is 313 g/mol. The first-order chi connectivity index (χ1) is 9.06. The maximum Gasteiger partial charge on any atom is 0.254 e. The van der Waals surface area contributed by atoms with Crippen LogP contribution in [0, 0.1) is 5.82 Å². The van der Waals surface area contributed by atoms with Crippen molar-refractivity contribution in [3.63, 3.8) is 0 Å². The zero-order valence-electron chi connectivity index (χ0n) is 10.4. The third-order valence-electron chi connectivity index (χ3n) is 2.61. The number of hydrogen-bond donors (Lipinski definition) is 1. The first kappa shape index (κ1) is 13.7. The first-order valence-corrected chi connectivity index (χ1v) is 6.57. The van der Waals surface area contributed by atoms with Crippen molar-refractivity contribution in [1.82, 2.24) is 15.1 Å². The molecule has 0 aliphatic rings. The predicted octanol–water partition coefficient (Wildman–Crippen LogP) is 2.29. The number of halogens is 2. The minimum absolute atomic E-state index is 0.0374. The van der Waals surface area contributed by atoms with E-state index in [4.69, 9.17) is 0 Å². The lowest BCUT2D eigenvalue weighted by Crippen LogP contribution is -2.26. The molecule has 0 aliphatic heterocycles. The Morgan fingerprint density at radius 3 is 2.95 bits per heavy atom. The zero-order chi connectivity index (χ0) is 13.8. The Balaban J connectivity index is 1.92. The molecule has 0 saturated heterocycles. The molecule has 1 aromatic carbocycles. The summed E-state index contributed by atoms with van der Waals surface area (Å²) in [6.45, 7) is 0.418. The number of carbonyl (C=O) groups is 1. The molecule has 1 N–H and O–H groups in total. The summed E-state index contributed by atoms with van der Waals surface area (Å²) >= 11 is 3.21. The highest BCUT2D eigenvalue weighted by Crippen LogP contribution is 2.15. The van der Waals surface area contributed by atoms with E-state index in [0.717, 1.165) is 5.69 Å². The Bertz CT molecular complexity index is 597. The van der Waals surface area contributed by atoms with E-state index >= 15 is 0 Å². The molecule has 4 nitrogen and oxygen atoms in total. The molecular formula is C13H13BrFN3O. The number of aryl methyl sites for hydroxylation is 1. The normalized spacial score (nSPS) is 10.5. The Kier molecular flexibility index (Phi) is 4.31. The van der Waals surface area contributed by atoms with Crippen LogP contribution in [-0.2, 0) is 13.5 Å². The van der Waals surface area contributed by atoms with Gasteiger partial charge < -0.3 is 5.32 Å². The molecule has 0 spiro atoms. The van der Waals surface area contributed by atoms with Crippen molar-refractivity contribution in [2.24, 2.45) is 7.05 Å². The van der Waals surface area contributed by atoms with Gasteiger partial charge in [-0.2, -0.15) is 5.10 Å². The van der Waals surface area contributed by atoms with Gasteiger partial charge in [0, 0.05) is 30.7 Å². The fraction of sp³-hybridized carbons (Fsp3) is 0.231. The summed E-state index contributed by atoms with van der Waals surface area (Å²) in [5.74, 6) is -0.951. The molecule has 2 aromatic rings. The number of rotatable bonds is 4. The molecule has 2 rings (SSSR count). The number of nitrogens with zero attached hydrogens (tertiary/aromatic N) is 2. The fourth-order valence-electron chi connectivity index (χ4n) is 1.67. The van der Waals surface area contributed by atoms with E-state index < -0.39 is 11.7 Å². The third-order valence-corrected chi connectivity index (χ3v) is 3.10. The molecule has 1 heterocycles. The summed E-state index contributed by atoms with van der Waals surface area (Å²) in [7, 11) is 1.83. The molecule has 0 fully saturated rings. The van der Waals surface area contributed by atoms with Crippen molar-refractivity contribution in [2.45, 2.75) is 6.42 Å². The Hall–Kier alpha value is -1.69. The first-order valence-electron chi connectivity index (χ1n) is 5.78. The van der Waals surface area contributed by atoms with Crippen molar-refractivity contribution in [1.29, 1.82) is 0 Å². The number of hydrogen-bond acceptors (Lipinski definition) is 2. The van der Waals surface area contributed by atoms with Crippen LogP contribution in [0.2, 0.25) is 0 Å². The van der Waals surface area contributed by atoms with Gasteiger partial charge in [0.25, 0.3) is 5.91 Å². The monoisotopic (exact) mass is 325 g/mol. The molecule has 100 valence electrons. The van der Waals surface area contributed by atoms with E-state index in [-0.39, 0.29) is 5.56 Å². The average molecular weight is 326 g/mol. The third kappa shape index (κ3) is 3.64. The standard InChI is InChI=1S/C13H13BrFN3O/c1-18-7-5-10(17-18)4-6-16-13(19)11-8-9(14)2-3-12(11)15/h2-3,5,7-8H,4,6H2,1H3,(H,16,19). The van der Waals surface area contributed by atoms with E-state index in [1.54, 1.807) is 10.7 Å². The minimum Gasteiger partial charge on any atom is -0.352 e. The Morgan fingerprint density at radius 1 is 1.47 bits per heavy atom. The van der Waals surface area contributed by atoms with Crippen LogP contribution in [0.25, 0.3) is 0 Å². The second kappa shape index (κ2) is 5.97. The van der Waals surface area contributed by atoms with Crippen molar-refractivity contribution in [2.75, 3.05) is 6.54 Å². The largest absolute Gasteiger partial charge is 0.352 e. The number of carbonyl (C=O) groups excluding carboxylic acids is 1. The summed E-state index contributed by atoms with van der Waals surface area (Å²) in [4.78, 5) is 11.8. The van der Waals surface area contributed by atoms with Gasteiger partial charge in [-0.25, -0.2) is 4.39 Å². The van der Waals surface area contributed by atoms with Crippen molar-refractivity contribution < 1.29 is 9.18 Å². The Labute approximate surface area is 118 Å². The summed E-state index contributed by atoms with van der Waals surface area (Å²) in [6, 6.07) is 6.16. The number of aromatic nitrogens is 2. The molecule has 0 bridgehead atoms. The smallest absolute Gasteiger partial charge is 0.254 e. The van der Waals surface area contributed by atoms with Gasteiger partial charge >= 0.3 is 0 Å². The second-order valence-corrected chi connectivity index (χ2v) is 5.03. The summed E-state index contributed by atoms with van der Waals surface area (Å²) in [5.41, 5.74) is 0.924. The van der Waals surface area contributed by atoms with Crippen molar-refractivity contribution >= 4 is 21.8 Å². The highest BCUT2D eigenvalue weighted by molar-refractivity contribution is 9.10. The lowest BCUT2D eigenvalue weighted by Gasteiger charge is -2.05. The van der Waals surface area contributed by atoms with Crippen LogP contribution < -0.4 is 5.32 Å². The van der Waals surface area contributed by atoms with Crippen LogP contribution in [0.4, 0.5) is 4.39 Å². The quantitative estimate of drug-likeness (QED) is 0.937. The summed E-state index contributed by atoms with van der Waals surface area (Å²) in [6.07, 6.45) is 2.45. The topological polar surface area (TPSA) is 46.9 Å². The van der Waals surface area contributed by atoms with Gasteiger partial charge in [-0.1, -0.05) is 15.9 Å². The highest BCUT2D eigenvalue weighted by atomic mass is 79.9. The lowest BCUT2D eigenvalue weighted by atomic mass is 10.2. The van der Waals surface area contributed by atoms with Gasteiger partial charge in [0.05, 0.1) is 11.3 Å². The van der Waals surface area contributed by atoms with E-state index in [2.05, 4.69) is 26.3 Å². The number of benzene rings is 1. The van der Waals surface area contributed by atoms with Crippen molar-refractivity contribution in [3.05, 3.63) is 52.0 Å². The molecule has 1 aromatic heterocycles. The van der Waals surface area contributed by atoms with Crippen LogP contribution in [0.5, 0.6) is 0 Å². The molecule has 0 saturated carbocycles. The van der Waals surface area contributed by atoms with Crippen LogP contribution in [0.3, 0.4) is 0 Å². The van der Waals surface area contributed by atoms with Crippen LogP contribution >= 0.6 is 15.9 Å². The zero-order valence-corrected chi connectivity index (χ0v) is 11.9. The number of amides is 1. The second-order valence-electron chi connectivity index (χ2n) is 4.11. The van der Waals surface area contributed by atoms with E-state index in [1.807, 2.05) is 19.3 Å². The number of nitrogens with one attached hydrogen (secondary N) is 1. The van der Waals surface area contributed by atoms with Crippen LogP contribution in [0.15, 0.2) is 34.9 Å². The van der Waals surface area contributed by atoms with Gasteiger partial charge in [-0.3, -0.25) is 9.48 Å².